The number of phenolic OH excluding ortho intramolecular Hbond substituents is 1. The van der Waals surface area contributed by atoms with Crippen LogP contribution in [0, 0.1) is 0 Å². The molecule has 1 aliphatic rings. The number of benzene rings is 2. The molecule has 1 N–H and O–H groups in total. The van der Waals surface area contributed by atoms with Crippen molar-refractivity contribution >= 4 is 43.8 Å². The Bertz CT molecular complexity index is 781. The molecule has 8 heteroatoms. The van der Waals surface area contributed by atoms with Gasteiger partial charge >= 0.3 is 6.29 Å². The molecule has 2 aromatic rings. The van der Waals surface area contributed by atoms with Gasteiger partial charge in [-0.15, -0.1) is 8.78 Å². The minimum Gasteiger partial charge on any atom is -0.506 e. The first-order chi connectivity index (χ1) is 10.3. The van der Waals surface area contributed by atoms with Crippen LogP contribution in [-0.4, -0.2) is 17.6 Å². The Morgan fingerprint density at radius 2 is 1.82 bits per heavy atom. The summed E-state index contributed by atoms with van der Waals surface area (Å²) in [5.74, 6) is -0.101. The summed E-state index contributed by atoms with van der Waals surface area (Å²) in [7, 11) is 0. The minimum atomic E-state index is -3.65. The molecule has 0 aromatic heterocycles. The number of hydrogen-bond donors (Lipinski definition) is 1. The van der Waals surface area contributed by atoms with Crippen LogP contribution in [0.2, 0.25) is 0 Å². The largest absolute Gasteiger partial charge is 0.586 e. The molecule has 0 amide bonds. The van der Waals surface area contributed by atoms with Crippen LogP contribution in [0.5, 0.6) is 17.2 Å². The summed E-state index contributed by atoms with van der Waals surface area (Å²) in [6.07, 6.45) is -2.24. The SMILES string of the molecule is Oc1c(Br)cc(Br)cc1C=Nc1ccc2c(c1)OC(F)(F)O2. The third-order valence-electron chi connectivity index (χ3n) is 2.80. The highest BCUT2D eigenvalue weighted by Gasteiger charge is 2.43. The molecule has 1 aliphatic heterocycles. The van der Waals surface area contributed by atoms with Gasteiger partial charge in [0.25, 0.3) is 0 Å². The summed E-state index contributed by atoms with van der Waals surface area (Å²) in [5.41, 5.74) is 0.847. The fourth-order valence-corrected chi connectivity index (χ4v) is 3.10. The molecule has 22 heavy (non-hydrogen) atoms. The summed E-state index contributed by atoms with van der Waals surface area (Å²) >= 11 is 6.52. The number of halogens is 4. The van der Waals surface area contributed by atoms with Gasteiger partial charge in [-0.3, -0.25) is 4.99 Å². The summed E-state index contributed by atoms with van der Waals surface area (Å²) < 4.78 is 35.8. The van der Waals surface area contributed by atoms with Gasteiger partial charge in [-0.25, -0.2) is 0 Å². The lowest BCUT2D eigenvalue weighted by Crippen LogP contribution is -2.25. The zero-order chi connectivity index (χ0) is 15.9. The van der Waals surface area contributed by atoms with E-state index >= 15 is 0 Å². The molecule has 0 fully saturated rings. The summed E-state index contributed by atoms with van der Waals surface area (Å²) in [6.45, 7) is 0. The Labute approximate surface area is 140 Å². The number of hydrogen-bond acceptors (Lipinski definition) is 4. The lowest BCUT2D eigenvalue weighted by Gasteiger charge is -2.04. The molecule has 0 radical (unpaired) electrons. The van der Waals surface area contributed by atoms with E-state index in [1.54, 1.807) is 12.1 Å². The molecule has 0 saturated heterocycles. The first-order valence-electron chi connectivity index (χ1n) is 5.96. The number of rotatable bonds is 2. The predicted molar refractivity (Wildman–Crippen MR) is 83.4 cm³/mol. The summed E-state index contributed by atoms with van der Waals surface area (Å²) in [5, 5.41) is 9.92. The average molecular weight is 435 g/mol. The fraction of sp³-hybridized carbons (Fsp3) is 0.0714. The maximum atomic E-state index is 12.9. The van der Waals surface area contributed by atoms with E-state index in [0.29, 0.717) is 15.7 Å². The van der Waals surface area contributed by atoms with Gasteiger partial charge in [-0.1, -0.05) is 15.9 Å². The first-order valence-corrected chi connectivity index (χ1v) is 7.55. The second kappa shape index (κ2) is 5.51. The molecular weight excluding hydrogens is 428 g/mol. The van der Waals surface area contributed by atoms with Crippen molar-refractivity contribution < 1.29 is 23.4 Å². The molecule has 4 nitrogen and oxygen atoms in total. The van der Waals surface area contributed by atoms with Crippen LogP contribution in [-0.2, 0) is 0 Å². The fourth-order valence-electron chi connectivity index (χ4n) is 1.85. The van der Waals surface area contributed by atoms with Crippen molar-refractivity contribution in [3.05, 3.63) is 44.8 Å². The minimum absolute atomic E-state index is 0.0271. The number of aliphatic imine (C=N–C) groups is 1. The number of alkyl halides is 2. The molecule has 0 aliphatic carbocycles. The van der Waals surface area contributed by atoms with Crippen LogP contribution < -0.4 is 9.47 Å². The highest BCUT2D eigenvalue weighted by Crippen LogP contribution is 2.42. The van der Waals surface area contributed by atoms with Crippen molar-refractivity contribution in [3.63, 3.8) is 0 Å². The predicted octanol–water partition coefficient (Wildman–Crippen LogP) is 4.99. The average Bonchev–Trinajstić information content (AvgIpc) is 2.74. The number of fused-ring (bicyclic) bond motifs is 1. The maximum Gasteiger partial charge on any atom is 0.586 e. The van der Waals surface area contributed by atoms with Crippen molar-refractivity contribution in [2.75, 3.05) is 0 Å². The van der Waals surface area contributed by atoms with Crippen LogP contribution in [0.3, 0.4) is 0 Å². The highest BCUT2D eigenvalue weighted by atomic mass is 79.9. The Kier molecular flexibility index (Phi) is 3.82. The highest BCUT2D eigenvalue weighted by molar-refractivity contribution is 9.11. The lowest BCUT2D eigenvalue weighted by molar-refractivity contribution is -0.286. The molecule has 0 atom stereocenters. The number of aromatic hydroxyl groups is 1. The third-order valence-corrected chi connectivity index (χ3v) is 3.86. The Balaban J connectivity index is 1.89. The Morgan fingerprint density at radius 1 is 1.09 bits per heavy atom. The Hall–Kier alpha value is -1.67. The van der Waals surface area contributed by atoms with Crippen molar-refractivity contribution in [1.82, 2.24) is 0 Å². The van der Waals surface area contributed by atoms with Gasteiger partial charge in [-0.2, -0.15) is 0 Å². The molecule has 3 rings (SSSR count). The van der Waals surface area contributed by atoms with Crippen molar-refractivity contribution in [1.29, 1.82) is 0 Å². The van der Waals surface area contributed by atoms with Crippen LogP contribution >= 0.6 is 31.9 Å². The summed E-state index contributed by atoms with van der Waals surface area (Å²) in [6, 6.07) is 7.54. The van der Waals surface area contributed by atoms with E-state index in [9.17, 15) is 13.9 Å². The number of phenols is 1. The topological polar surface area (TPSA) is 51.1 Å². The van der Waals surface area contributed by atoms with E-state index < -0.39 is 6.29 Å². The summed E-state index contributed by atoms with van der Waals surface area (Å²) in [4.78, 5) is 4.14. The second-order valence-corrected chi connectivity index (χ2v) is 6.15. The van der Waals surface area contributed by atoms with Gasteiger partial charge in [0, 0.05) is 22.3 Å². The van der Waals surface area contributed by atoms with Gasteiger partial charge in [0.05, 0.1) is 10.2 Å². The van der Waals surface area contributed by atoms with Gasteiger partial charge in [0.1, 0.15) is 5.75 Å². The Morgan fingerprint density at radius 3 is 2.59 bits per heavy atom. The maximum absolute atomic E-state index is 12.9. The van der Waals surface area contributed by atoms with Crippen LogP contribution in [0.4, 0.5) is 14.5 Å². The van der Waals surface area contributed by atoms with E-state index in [2.05, 4.69) is 46.3 Å². The van der Waals surface area contributed by atoms with Gasteiger partial charge < -0.3 is 14.6 Å². The van der Waals surface area contributed by atoms with E-state index in [1.807, 2.05) is 0 Å². The quantitative estimate of drug-likeness (QED) is 0.677. The molecule has 1 heterocycles. The van der Waals surface area contributed by atoms with Crippen molar-refractivity contribution in [2.24, 2.45) is 4.99 Å². The molecule has 0 saturated carbocycles. The van der Waals surface area contributed by atoms with E-state index in [1.165, 1.54) is 24.4 Å². The molecule has 114 valence electrons. The molecule has 0 bridgehead atoms. The first kappa shape index (κ1) is 15.2. The van der Waals surface area contributed by atoms with E-state index in [0.717, 1.165) is 4.47 Å². The number of ether oxygens (including phenoxy) is 2. The standard InChI is InChI=1S/C14H7Br2F2NO3/c15-8-3-7(13(20)10(16)4-8)6-19-9-1-2-11-12(5-9)22-14(17,18)21-11/h1-6,20H. The lowest BCUT2D eigenvalue weighted by atomic mass is 10.2. The number of nitrogens with zero attached hydrogens (tertiary/aromatic N) is 1. The normalized spacial score (nSPS) is 15.5. The zero-order valence-corrected chi connectivity index (χ0v) is 13.9. The van der Waals surface area contributed by atoms with Gasteiger partial charge in [-0.05, 0) is 40.2 Å². The smallest absolute Gasteiger partial charge is 0.506 e. The van der Waals surface area contributed by atoms with Crippen LogP contribution in [0.15, 0.2) is 44.3 Å². The van der Waals surface area contributed by atoms with Crippen LogP contribution in [0.1, 0.15) is 5.56 Å². The van der Waals surface area contributed by atoms with E-state index in [4.69, 9.17) is 0 Å². The van der Waals surface area contributed by atoms with Crippen molar-refractivity contribution in [3.8, 4) is 17.2 Å². The molecule has 0 spiro atoms. The molecule has 2 aromatic carbocycles. The third kappa shape index (κ3) is 3.07. The monoisotopic (exact) mass is 433 g/mol. The molecule has 0 unspecified atom stereocenters. The zero-order valence-electron chi connectivity index (χ0n) is 10.7. The molecular formula is C14H7Br2F2NO3. The van der Waals surface area contributed by atoms with Crippen molar-refractivity contribution in [2.45, 2.75) is 6.29 Å². The van der Waals surface area contributed by atoms with Gasteiger partial charge in [0.15, 0.2) is 11.5 Å². The van der Waals surface area contributed by atoms with Gasteiger partial charge in [0.2, 0.25) is 0 Å². The second-order valence-electron chi connectivity index (χ2n) is 4.38. The van der Waals surface area contributed by atoms with Crippen LogP contribution in [0.25, 0.3) is 0 Å². The van der Waals surface area contributed by atoms with E-state index in [-0.39, 0.29) is 17.2 Å².